The fourth-order valence-electron chi connectivity index (χ4n) is 3.53. The van der Waals surface area contributed by atoms with E-state index in [0.717, 1.165) is 34.9 Å². The normalized spacial score (nSPS) is 20.8. The molecule has 4 rings (SSSR count). The van der Waals surface area contributed by atoms with Gasteiger partial charge in [-0.3, -0.25) is 4.79 Å². The van der Waals surface area contributed by atoms with E-state index in [9.17, 15) is 4.79 Å². The van der Waals surface area contributed by atoms with Crippen molar-refractivity contribution in [1.29, 1.82) is 0 Å². The Labute approximate surface area is 152 Å². The van der Waals surface area contributed by atoms with Crippen molar-refractivity contribution in [2.75, 3.05) is 27.0 Å². The molecule has 1 saturated heterocycles. The Hall–Kier alpha value is -2.73. The second-order valence-corrected chi connectivity index (χ2v) is 6.55. The summed E-state index contributed by atoms with van der Waals surface area (Å²) in [6.07, 6.45) is 0. The van der Waals surface area contributed by atoms with Gasteiger partial charge in [-0.2, -0.15) is 0 Å². The van der Waals surface area contributed by atoms with E-state index in [0.29, 0.717) is 13.1 Å². The molecule has 6 heteroatoms. The smallest absolute Gasteiger partial charge is 0.231 e. The zero-order valence-electron chi connectivity index (χ0n) is 14.7. The maximum Gasteiger partial charge on any atom is 0.231 e. The SMILES string of the molecule is COc1ccc(C2CNCC2C(=O)NCc2ccc3c(c2)OCO3)cc1. The quantitative estimate of drug-likeness (QED) is 0.860. The molecule has 1 fully saturated rings. The van der Waals surface area contributed by atoms with Gasteiger partial charge in [0.1, 0.15) is 5.75 Å². The van der Waals surface area contributed by atoms with E-state index >= 15 is 0 Å². The average molecular weight is 354 g/mol. The molecule has 2 unspecified atom stereocenters. The highest BCUT2D eigenvalue weighted by Gasteiger charge is 2.33. The molecule has 2 aliphatic heterocycles. The Kier molecular flexibility index (Phi) is 4.67. The Bertz CT molecular complexity index is 791. The number of ether oxygens (including phenoxy) is 3. The number of hydrogen-bond acceptors (Lipinski definition) is 5. The summed E-state index contributed by atoms with van der Waals surface area (Å²) in [7, 11) is 1.65. The number of rotatable bonds is 5. The first-order chi connectivity index (χ1) is 12.7. The fourth-order valence-corrected chi connectivity index (χ4v) is 3.53. The number of benzene rings is 2. The van der Waals surface area contributed by atoms with Crippen molar-refractivity contribution in [3.05, 3.63) is 53.6 Å². The standard InChI is InChI=1S/C20H22N2O4/c1-24-15-5-3-14(4-6-15)16-10-21-11-17(16)20(23)22-9-13-2-7-18-19(8-13)26-12-25-18/h2-8,16-17,21H,9-12H2,1H3,(H,22,23). The van der Waals surface area contributed by atoms with E-state index in [-0.39, 0.29) is 24.5 Å². The molecule has 2 heterocycles. The first-order valence-electron chi connectivity index (χ1n) is 8.75. The van der Waals surface area contributed by atoms with Gasteiger partial charge in [0.15, 0.2) is 11.5 Å². The molecular weight excluding hydrogens is 332 g/mol. The highest BCUT2D eigenvalue weighted by atomic mass is 16.7. The molecule has 0 spiro atoms. The number of nitrogens with one attached hydrogen (secondary N) is 2. The summed E-state index contributed by atoms with van der Waals surface area (Å²) in [6, 6.07) is 13.7. The van der Waals surface area contributed by atoms with Crippen molar-refractivity contribution in [1.82, 2.24) is 10.6 Å². The Morgan fingerprint density at radius 2 is 1.96 bits per heavy atom. The van der Waals surface area contributed by atoms with Crippen LogP contribution in [0.15, 0.2) is 42.5 Å². The summed E-state index contributed by atoms with van der Waals surface area (Å²) in [5, 5.41) is 6.39. The summed E-state index contributed by atoms with van der Waals surface area (Å²) in [5.74, 6) is 2.45. The van der Waals surface area contributed by atoms with Crippen LogP contribution in [0.3, 0.4) is 0 Å². The molecule has 0 saturated carbocycles. The van der Waals surface area contributed by atoms with Crippen molar-refractivity contribution in [3.8, 4) is 17.2 Å². The molecular formula is C20H22N2O4. The molecule has 2 aromatic rings. The van der Waals surface area contributed by atoms with E-state index in [4.69, 9.17) is 14.2 Å². The molecule has 26 heavy (non-hydrogen) atoms. The lowest BCUT2D eigenvalue weighted by molar-refractivity contribution is -0.125. The lowest BCUT2D eigenvalue weighted by Gasteiger charge is -2.19. The van der Waals surface area contributed by atoms with Gasteiger partial charge in [0.25, 0.3) is 0 Å². The lowest BCUT2D eigenvalue weighted by Crippen LogP contribution is -2.34. The molecule has 2 aliphatic rings. The molecule has 0 aliphatic carbocycles. The van der Waals surface area contributed by atoms with Crippen LogP contribution in [-0.2, 0) is 11.3 Å². The third-order valence-corrected chi connectivity index (χ3v) is 5.00. The van der Waals surface area contributed by atoms with Gasteiger partial charge in [0, 0.05) is 25.6 Å². The van der Waals surface area contributed by atoms with E-state index in [2.05, 4.69) is 10.6 Å². The van der Waals surface area contributed by atoms with Crippen molar-refractivity contribution < 1.29 is 19.0 Å². The molecule has 2 atom stereocenters. The van der Waals surface area contributed by atoms with E-state index < -0.39 is 0 Å². The predicted molar refractivity (Wildman–Crippen MR) is 96.5 cm³/mol. The van der Waals surface area contributed by atoms with Crippen molar-refractivity contribution in [2.45, 2.75) is 12.5 Å². The highest BCUT2D eigenvalue weighted by molar-refractivity contribution is 5.80. The van der Waals surface area contributed by atoms with Crippen LogP contribution in [0.1, 0.15) is 17.0 Å². The monoisotopic (exact) mass is 354 g/mol. The van der Waals surface area contributed by atoms with E-state index in [1.165, 1.54) is 0 Å². The van der Waals surface area contributed by atoms with E-state index in [1.807, 2.05) is 42.5 Å². The molecule has 0 aromatic heterocycles. The lowest BCUT2D eigenvalue weighted by atomic mass is 9.88. The van der Waals surface area contributed by atoms with Crippen LogP contribution in [0.2, 0.25) is 0 Å². The number of hydrogen-bond donors (Lipinski definition) is 2. The molecule has 0 bridgehead atoms. The van der Waals surface area contributed by atoms with Crippen molar-refractivity contribution in [3.63, 3.8) is 0 Å². The minimum atomic E-state index is -0.0857. The van der Waals surface area contributed by atoms with Crippen LogP contribution in [0.25, 0.3) is 0 Å². The van der Waals surface area contributed by atoms with Crippen LogP contribution in [0.5, 0.6) is 17.2 Å². The molecule has 2 N–H and O–H groups in total. The van der Waals surface area contributed by atoms with Crippen molar-refractivity contribution in [2.24, 2.45) is 5.92 Å². The average Bonchev–Trinajstić information content (AvgIpc) is 3.35. The second kappa shape index (κ2) is 7.25. The van der Waals surface area contributed by atoms with Crippen molar-refractivity contribution >= 4 is 5.91 Å². The summed E-state index contributed by atoms with van der Waals surface area (Å²) >= 11 is 0. The van der Waals surface area contributed by atoms with Gasteiger partial charge in [-0.05, 0) is 35.4 Å². The topological polar surface area (TPSA) is 68.8 Å². The van der Waals surface area contributed by atoms with Gasteiger partial charge >= 0.3 is 0 Å². The van der Waals surface area contributed by atoms with Crippen LogP contribution in [0, 0.1) is 5.92 Å². The second-order valence-electron chi connectivity index (χ2n) is 6.55. The van der Waals surface area contributed by atoms with Gasteiger partial charge in [0.2, 0.25) is 12.7 Å². The Morgan fingerprint density at radius 3 is 2.77 bits per heavy atom. The van der Waals surface area contributed by atoms with Gasteiger partial charge in [0.05, 0.1) is 13.0 Å². The fraction of sp³-hybridized carbons (Fsp3) is 0.350. The highest BCUT2D eigenvalue weighted by Crippen LogP contribution is 2.33. The number of amides is 1. The number of carbonyl (C=O) groups excluding carboxylic acids is 1. The summed E-state index contributed by atoms with van der Waals surface area (Å²) in [6.45, 7) is 2.21. The minimum Gasteiger partial charge on any atom is -0.497 e. The minimum absolute atomic E-state index is 0.0634. The molecule has 1 amide bonds. The van der Waals surface area contributed by atoms with Gasteiger partial charge in [-0.25, -0.2) is 0 Å². The molecule has 0 radical (unpaired) electrons. The zero-order valence-corrected chi connectivity index (χ0v) is 14.7. The maximum absolute atomic E-state index is 12.7. The van der Waals surface area contributed by atoms with Gasteiger partial charge in [-0.15, -0.1) is 0 Å². The number of carbonyl (C=O) groups is 1. The predicted octanol–water partition coefficient (Wildman–Crippen LogP) is 2.04. The third-order valence-electron chi connectivity index (χ3n) is 5.00. The van der Waals surface area contributed by atoms with Gasteiger partial charge in [-0.1, -0.05) is 18.2 Å². The largest absolute Gasteiger partial charge is 0.497 e. The summed E-state index contributed by atoms with van der Waals surface area (Å²) in [4.78, 5) is 12.7. The van der Waals surface area contributed by atoms with Gasteiger partial charge < -0.3 is 24.8 Å². The van der Waals surface area contributed by atoms with Crippen LogP contribution in [-0.4, -0.2) is 32.9 Å². The van der Waals surface area contributed by atoms with E-state index in [1.54, 1.807) is 7.11 Å². The summed E-state index contributed by atoms with van der Waals surface area (Å²) < 4.78 is 15.9. The number of methoxy groups -OCH3 is 1. The maximum atomic E-state index is 12.7. The molecule has 136 valence electrons. The van der Waals surface area contributed by atoms with Crippen LogP contribution < -0.4 is 24.8 Å². The summed E-state index contributed by atoms with van der Waals surface area (Å²) in [5.41, 5.74) is 2.15. The first-order valence-corrected chi connectivity index (χ1v) is 8.75. The number of fused-ring (bicyclic) bond motifs is 1. The Balaban J connectivity index is 1.40. The third kappa shape index (κ3) is 3.32. The van der Waals surface area contributed by atoms with Crippen LogP contribution >= 0.6 is 0 Å². The first kappa shape index (κ1) is 16.7. The van der Waals surface area contributed by atoms with Crippen LogP contribution in [0.4, 0.5) is 0 Å². The Morgan fingerprint density at radius 1 is 1.15 bits per heavy atom. The molecule has 6 nitrogen and oxygen atoms in total. The molecule has 2 aromatic carbocycles. The zero-order chi connectivity index (χ0) is 17.9.